The minimum absolute atomic E-state index is 0.0257. The van der Waals surface area contributed by atoms with Crippen LogP contribution in [0.25, 0.3) is 0 Å². The highest BCUT2D eigenvalue weighted by molar-refractivity contribution is 7.80. The van der Waals surface area contributed by atoms with Gasteiger partial charge in [-0.15, -0.1) is 0 Å². The Bertz CT molecular complexity index is 1290. The zero-order chi connectivity index (χ0) is 46.1. The van der Waals surface area contributed by atoms with E-state index in [9.17, 15) is 33.1 Å². The molecule has 0 saturated carbocycles. The number of unbranched alkanes of at least 4 members (excludes halogenated alkanes) is 22. The van der Waals surface area contributed by atoms with Crippen molar-refractivity contribution in [2.75, 3.05) is 26.4 Å². The van der Waals surface area contributed by atoms with Crippen LogP contribution in [0.3, 0.4) is 0 Å². The summed E-state index contributed by atoms with van der Waals surface area (Å²) in [6.45, 7) is 3.95. The summed E-state index contributed by atoms with van der Waals surface area (Å²) >= 11 is 0. The van der Waals surface area contributed by atoms with Gasteiger partial charge >= 0.3 is 16.4 Å². The lowest BCUT2D eigenvalue weighted by atomic mass is 9.99. The molecular formula is C50H90O12S. The zero-order valence-electron chi connectivity index (χ0n) is 39.4. The molecule has 0 bridgehead atoms. The van der Waals surface area contributed by atoms with E-state index in [2.05, 4.69) is 66.6 Å². The summed E-state index contributed by atoms with van der Waals surface area (Å²) in [7, 11) is -5.07. The molecule has 0 aromatic carbocycles. The van der Waals surface area contributed by atoms with Crippen molar-refractivity contribution in [1.82, 2.24) is 0 Å². The number of aliphatic hydroxyl groups is 3. The largest absolute Gasteiger partial charge is 0.457 e. The van der Waals surface area contributed by atoms with Gasteiger partial charge in [0.15, 0.2) is 6.29 Å². The van der Waals surface area contributed by atoms with Crippen molar-refractivity contribution < 1.29 is 56.2 Å². The molecule has 1 heterocycles. The van der Waals surface area contributed by atoms with Crippen molar-refractivity contribution in [3.8, 4) is 0 Å². The Morgan fingerprint density at radius 2 is 1.05 bits per heavy atom. The first-order valence-electron chi connectivity index (χ1n) is 24.9. The third kappa shape index (κ3) is 35.0. The van der Waals surface area contributed by atoms with Gasteiger partial charge in [-0.3, -0.25) is 9.35 Å². The Balaban J connectivity index is 2.40. The van der Waals surface area contributed by atoms with E-state index < -0.39 is 59.8 Å². The number of allylic oxidation sites excluding steroid dienone is 8. The summed E-state index contributed by atoms with van der Waals surface area (Å²) < 4.78 is 59.2. The fourth-order valence-electron chi connectivity index (χ4n) is 7.38. The van der Waals surface area contributed by atoms with Gasteiger partial charge in [-0.2, -0.15) is 8.42 Å². The molecule has 1 rings (SSSR count). The quantitative estimate of drug-likeness (QED) is 0.0197. The summed E-state index contributed by atoms with van der Waals surface area (Å²) in [5.41, 5.74) is 0. The summed E-state index contributed by atoms with van der Waals surface area (Å²) in [6, 6.07) is 0. The Morgan fingerprint density at radius 1 is 0.603 bits per heavy atom. The van der Waals surface area contributed by atoms with Crippen LogP contribution in [0.2, 0.25) is 0 Å². The first-order chi connectivity index (χ1) is 30.6. The maximum atomic E-state index is 12.9. The summed E-state index contributed by atoms with van der Waals surface area (Å²) in [4.78, 5) is 12.9. The topological polar surface area (TPSA) is 178 Å². The van der Waals surface area contributed by atoms with E-state index in [1.54, 1.807) is 0 Å². The van der Waals surface area contributed by atoms with Gasteiger partial charge in [0.05, 0.1) is 19.8 Å². The number of rotatable bonds is 43. The molecule has 6 unspecified atom stereocenters. The van der Waals surface area contributed by atoms with Gasteiger partial charge in [0.1, 0.15) is 30.5 Å². The molecule has 0 aromatic rings. The van der Waals surface area contributed by atoms with Gasteiger partial charge in [-0.25, -0.2) is 4.18 Å². The lowest BCUT2D eigenvalue weighted by Crippen LogP contribution is -2.60. The standard InChI is InChI=1S/C50H90O12S/c1-3-5-7-9-11-13-15-17-19-20-21-22-23-24-25-27-29-31-33-35-37-39-46(52)60-44(43-59-50-48(54)49(62-63(55,56)57)47(53)45(41-51)61-50)42-58-40-38-36-34-32-30-28-26-18-16-14-12-10-8-6-4-2/h15-18,20-21,23-24,44-45,47-51,53-54H,3-14,19,22,25-43H2,1-2H3,(H,55,56,57)/b17-15-,18-16-,21-20-,24-23-. The van der Waals surface area contributed by atoms with E-state index in [0.717, 1.165) is 77.0 Å². The van der Waals surface area contributed by atoms with E-state index in [1.165, 1.54) is 96.3 Å². The van der Waals surface area contributed by atoms with Crippen LogP contribution < -0.4 is 0 Å². The number of aliphatic hydroxyl groups excluding tert-OH is 3. The van der Waals surface area contributed by atoms with E-state index >= 15 is 0 Å². The van der Waals surface area contributed by atoms with Gasteiger partial charge in [-0.05, 0) is 77.0 Å². The Labute approximate surface area is 383 Å². The molecule has 0 aromatic heterocycles. The van der Waals surface area contributed by atoms with Crippen molar-refractivity contribution >= 4 is 16.4 Å². The first kappa shape index (κ1) is 59.1. The predicted octanol–water partition coefficient (Wildman–Crippen LogP) is 11.1. The zero-order valence-corrected chi connectivity index (χ0v) is 40.2. The fraction of sp³-hybridized carbons (Fsp3) is 0.820. The SMILES string of the molecule is CCCCCCC/C=C\C/C=C\C/C=C\CCCCCCCCC(=O)OC(COCCCCCCCC/C=C\CCCCCCC)COC1OC(CO)C(O)C(OS(=O)(=O)O)C1O. The smallest absolute Gasteiger partial charge is 0.397 e. The Hall–Kier alpha value is -1.94. The third-order valence-corrected chi connectivity index (χ3v) is 11.6. The van der Waals surface area contributed by atoms with Gasteiger partial charge < -0.3 is 34.3 Å². The van der Waals surface area contributed by atoms with Crippen LogP contribution in [-0.4, -0.2) is 97.5 Å². The molecule has 4 N–H and O–H groups in total. The molecule has 368 valence electrons. The Kier molecular flexibility index (Phi) is 38.9. The van der Waals surface area contributed by atoms with Gasteiger partial charge in [0.25, 0.3) is 0 Å². The van der Waals surface area contributed by atoms with Crippen molar-refractivity contribution in [2.45, 2.75) is 237 Å². The molecular weight excluding hydrogens is 825 g/mol. The second-order valence-corrected chi connectivity index (χ2v) is 18.1. The molecule has 12 nitrogen and oxygen atoms in total. The van der Waals surface area contributed by atoms with Crippen LogP contribution in [0.1, 0.15) is 200 Å². The maximum Gasteiger partial charge on any atom is 0.397 e. The van der Waals surface area contributed by atoms with E-state index in [0.29, 0.717) is 13.0 Å². The number of hydrogen-bond acceptors (Lipinski definition) is 11. The number of hydrogen-bond donors (Lipinski definition) is 4. The molecule has 0 amide bonds. The van der Waals surface area contributed by atoms with Crippen LogP contribution in [0, 0.1) is 0 Å². The van der Waals surface area contributed by atoms with Crippen molar-refractivity contribution in [3.63, 3.8) is 0 Å². The number of carbonyl (C=O) groups is 1. The van der Waals surface area contributed by atoms with Crippen LogP contribution in [0.15, 0.2) is 48.6 Å². The monoisotopic (exact) mass is 915 g/mol. The van der Waals surface area contributed by atoms with Crippen LogP contribution in [0.4, 0.5) is 0 Å². The van der Waals surface area contributed by atoms with Crippen molar-refractivity contribution in [1.29, 1.82) is 0 Å². The molecule has 6 atom stereocenters. The summed E-state index contributed by atoms with van der Waals surface area (Å²) in [6.07, 6.45) is 41.4. The molecule has 0 aliphatic carbocycles. The third-order valence-electron chi connectivity index (χ3n) is 11.2. The number of ether oxygens (including phenoxy) is 4. The Morgan fingerprint density at radius 3 is 1.54 bits per heavy atom. The molecule has 13 heteroatoms. The first-order valence-corrected chi connectivity index (χ1v) is 26.3. The molecule has 0 radical (unpaired) electrons. The van der Waals surface area contributed by atoms with Crippen molar-refractivity contribution in [2.24, 2.45) is 0 Å². The van der Waals surface area contributed by atoms with E-state index in [-0.39, 0.29) is 19.6 Å². The normalized spacial score (nSPS) is 20.3. The van der Waals surface area contributed by atoms with Gasteiger partial charge in [0.2, 0.25) is 0 Å². The van der Waals surface area contributed by atoms with Crippen LogP contribution >= 0.6 is 0 Å². The average Bonchev–Trinajstić information content (AvgIpc) is 3.26. The predicted molar refractivity (Wildman–Crippen MR) is 253 cm³/mol. The van der Waals surface area contributed by atoms with Gasteiger partial charge in [-0.1, -0.05) is 165 Å². The molecule has 63 heavy (non-hydrogen) atoms. The molecule has 1 aliphatic rings. The summed E-state index contributed by atoms with van der Waals surface area (Å²) in [5.74, 6) is -0.414. The number of esters is 1. The maximum absolute atomic E-state index is 12.9. The van der Waals surface area contributed by atoms with E-state index in [1.807, 2.05) is 0 Å². The average molecular weight is 915 g/mol. The van der Waals surface area contributed by atoms with E-state index in [4.69, 9.17) is 18.9 Å². The van der Waals surface area contributed by atoms with Gasteiger partial charge in [0, 0.05) is 13.0 Å². The molecule has 1 aliphatic heterocycles. The second-order valence-electron chi connectivity index (χ2n) is 17.0. The fourth-order valence-corrected chi connectivity index (χ4v) is 7.89. The van der Waals surface area contributed by atoms with Crippen LogP contribution in [0.5, 0.6) is 0 Å². The van der Waals surface area contributed by atoms with Crippen LogP contribution in [-0.2, 0) is 38.3 Å². The highest BCUT2D eigenvalue weighted by atomic mass is 32.3. The molecule has 1 saturated heterocycles. The summed E-state index contributed by atoms with van der Waals surface area (Å²) in [5, 5.41) is 30.7. The molecule has 1 fully saturated rings. The number of carbonyl (C=O) groups excluding carboxylic acids is 1. The lowest BCUT2D eigenvalue weighted by molar-refractivity contribution is -0.301. The highest BCUT2D eigenvalue weighted by Crippen LogP contribution is 2.26. The minimum atomic E-state index is -5.07. The highest BCUT2D eigenvalue weighted by Gasteiger charge is 2.48. The minimum Gasteiger partial charge on any atom is -0.457 e. The lowest BCUT2D eigenvalue weighted by Gasteiger charge is -2.41. The van der Waals surface area contributed by atoms with Crippen molar-refractivity contribution in [3.05, 3.63) is 48.6 Å². The molecule has 0 spiro atoms. The second kappa shape index (κ2) is 41.5.